The third kappa shape index (κ3) is 4.34. The predicted molar refractivity (Wildman–Crippen MR) is 69.3 cm³/mol. The summed E-state index contributed by atoms with van der Waals surface area (Å²) in [6.07, 6.45) is 0. The first-order valence-electron chi connectivity index (χ1n) is 5.47. The Labute approximate surface area is 107 Å². The van der Waals surface area contributed by atoms with Gasteiger partial charge in [-0.25, -0.2) is 5.84 Å². The fourth-order valence-electron chi connectivity index (χ4n) is 1.67. The number of nitrogens with zero attached hydrogens (tertiary/aromatic N) is 1. The van der Waals surface area contributed by atoms with E-state index in [1.165, 1.54) is 0 Å². The molecular weight excluding hydrogens is 238 g/mol. The lowest BCUT2D eigenvalue weighted by atomic mass is 10.1. The Kier molecular flexibility index (Phi) is 5.41. The lowest BCUT2D eigenvalue weighted by molar-refractivity contribution is -0.125. The third-order valence-corrected chi connectivity index (χ3v) is 2.94. The van der Waals surface area contributed by atoms with E-state index in [-0.39, 0.29) is 11.8 Å². The molecule has 4 nitrogen and oxygen atoms in total. The molecule has 0 aliphatic heterocycles. The second-order valence-corrected chi connectivity index (χ2v) is 4.60. The molecule has 5 heteroatoms. The highest BCUT2D eigenvalue weighted by Crippen LogP contribution is 2.16. The molecule has 0 aromatic heterocycles. The Morgan fingerprint density at radius 3 is 2.76 bits per heavy atom. The molecule has 94 valence electrons. The van der Waals surface area contributed by atoms with Gasteiger partial charge in [-0.2, -0.15) is 0 Å². The molecule has 1 amide bonds. The second kappa shape index (κ2) is 6.59. The Morgan fingerprint density at radius 1 is 1.53 bits per heavy atom. The average Bonchev–Trinajstić information content (AvgIpc) is 2.31. The standard InChI is InChI=1S/C12H18ClN3O/c1-9(12(17)15-14)7-16(2)8-10-5-3-4-6-11(10)13/h3-6,9H,7-8,14H2,1-2H3,(H,15,17). The SMILES string of the molecule is CC(CN(C)Cc1ccccc1Cl)C(=O)NN. The minimum Gasteiger partial charge on any atom is -0.301 e. The van der Waals surface area contributed by atoms with Crippen molar-refractivity contribution < 1.29 is 4.79 Å². The summed E-state index contributed by atoms with van der Waals surface area (Å²) in [6.45, 7) is 3.18. The highest BCUT2D eigenvalue weighted by atomic mass is 35.5. The van der Waals surface area contributed by atoms with Crippen molar-refractivity contribution in [3.05, 3.63) is 34.9 Å². The predicted octanol–water partition coefficient (Wildman–Crippen LogP) is 1.40. The topological polar surface area (TPSA) is 58.4 Å². The maximum absolute atomic E-state index is 11.3. The van der Waals surface area contributed by atoms with E-state index in [2.05, 4.69) is 5.43 Å². The molecule has 0 saturated carbocycles. The number of nitrogens with one attached hydrogen (secondary N) is 1. The number of benzene rings is 1. The number of amides is 1. The second-order valence-electron chi connectivity index (χ2n) is 4.20. The molecular formula is C12H18ClN3O. The van der Waals surface area contributed by atoms with Crippen molar-refractivity contribution in [1.29, 1.82) is 0 Å². The molecule has 0 spiro atoms. The third-order valence-electron chi connectivity index (χ3n) is 2.57. The smallest absolute Gasteiger partial charge is 0.237 e. The van der Waals surface area contributed by atoms with Gasteiger partial charge < -0.3 is 4.90 Å². The molecule has 0 heterocycles. The number of nitrogens with two attached hydrogens (primary N) is 1. The Balaban J connectivity index is 2.53. The number of hydrazine groups is 1. The first kappa shape index (κ1) is 14.0. The summed E-state index contributed by atoms with van der Waals surface area (Å²) in [6, 6.07) is 7.69. The minimum absolute atomic E-state index is 0.146. The highest BCUT2D eigenvalue weighted by molar-refractivity contribution is 6.31. The summed E-state index contributed by atoms with van der Waals surface area (Å²) < 4.78 is 0. The Hall–Kier alpha value is -1.10. The molecule has 0 aliphatic carbocycles. The first-order chi connectivity index (χ1) is 8.04. The average molecular weight is 256 g/mol. The lowest BCUT2D eigenvalue weighted by Gasteiger charge is -2.20. The molecule has 1 unspecified atom stereocenters. The van der Waals surface area contributed by atoms with Gasteiger partial charge >= 0.3 is 0 Å². The van der Waals surface area contributed by atoms with Crippen LogP contribution in [0.15, 0.2) is 24.3 Å². The van der Waals surface area contributed by atoms with Crippen LogP contribution in [0.4, 0.5) is 0 Å². The number of carbonyl (C=O) groups is 1. The number of hydrogen-bond donors (Lipinski definition) is 2. The lowest BCUT2D eigenvalue weighted by Crippen LogP contribution is -2.39. The van der Waals surface area contributed by atoms with Gasteiger partial charge in [0.15, 0.2) is 0 Å². The van der Waals surface area contributed by atoms with Gasteiger partial charge in [-0.05, 0) is 18.7 Å². The number of carbonyl (C=O) groups excluding carboxylic acids is 1. The van der Waals surface area contributed by atoms with Crippen LogP contribution in [-0.4, -0.2) is 24.4 Å². The zero-order chi connectivity index (χ0) is 12.8. The van der Waals surface area contributed by atoms with Gasteiger partial charge in [0.05, 0.1) is 0 Å². The monoisotopic (exact) mass is 255 g/mol. The van der Waals surface area contributed by atoms with E-state index < -0.39 is 0 Å². The van der Waals surface area contributed by atoms with Crippen LogP contribution >= 0.6 is 11.6 Å². The van der Waals surface area contributed by atoms with Crippen molar-refractivity contribution in [2.75, 3.05) is 13.6 Å². The van der Waals surface area contributed by atoms with Crippen LogP contribution in [0.2, 0.25) is 5.02 Å². The van der Waals surface area contributed by atoms with E-state index in [9.17, 15) is 4.79 Å². The van der Waals surface area contributed by atoms with E-state index in [4.69, 9.17) is 17.4 Å². The maximum atomic E-state index is 11.3. The summed E-state index contributed by atoms with van der Waals surface area (Å²) in [5.74, 6) is 4.78. The molecule has 3 N–H and O–H groups in total. The molecule has 1 atom stereocenters. The largest absolute Gasteiger partial charge is 0.301 e. The summed E-state index contributed by atoms with van der Waals surface area (Å²) in [5.41, 5.74) is 3.21. The van der Waals surface area contributed by atoms with Crippen LogP contribution in [-0.2, 0) is 11.3 Å². The number of hydrogen-bond acceptors (Lipinski definition) is 3. The van der Waals surface area contributed by atoms with Gasteiger partial charge in [-0.1, -0.05) is 36.7 Å². The van der Waals surface area contributed by atoms with Gasteiger partial charge in [0.25, 0.3) is 0 Å². The fourth-order valence-corrected chi connectivity index (χ4v) is 1.87. The quantitative estimate of drug-likeness (QED) is 0.475. The zero-order valence-corrected chi connectivity index (χ0v) is 10.9. The van der Waals surface area contributed by atoms with Crippen molar-refractivity contribution in [3.63, 3.8) is 0 Å². The van der Waals surface area contributed by atoms with Crippen LogP contribution in [0.3, 0.4) is 0 Å². The Morgan fingerprint density at radius 2 is 2.18 bits per heavy atom. The highest BCUT2D eigenvalue weighted by Gasteiger charge is 2.14. The van der Waals surface area contributed by atoms with Crippen molar-refractivity contribution in [2.45, 2.75) is 13.5 Å². The van der Waals surface area contributed by atoms with Crippen LogP contribution in [0.5, 0.6) is 0 Å². The normalized spacial score (nSPS) is 12.5. The van der Waals surface area contributed by atoms with Gasteiger partial charge in [0.1, 0.15) is 0 Å². The van der Waals surface area contributed by atoms with E-state index in [0.29, 0.717) is 13.1 Å². The van der Waals surface area contributed by atoms with Crippen LogP contribution in [0.1, 0.15) is 12.5 Å². The minimum atomic E-state index is -0.156. The summed E-state index contributed by atoms with van der Waals surface area (Å²) in [7, 11) is 1.95. The first-order valence-corrected chi connectivity index (χ1v) is 5.84. The fraction of sp³-hybridized carbons (Fsp3) is 0.417. The maximum Gasteiger partial charge on any atom is 0.237 e. The van der Waals surface area contributed by atoms with E-state index in [1.54, 1.807) is 0 Å². The molecule has 0 bridgehead atoms. The Bertz CT molecular complexity index is 384. The molecule has 0 saturated heterocycles. The van der Waals surface area contributed by atoms with E-state index in [0.717, 1.165) is 10.6 Å². The van der Waals surface area contributed by atoms with E-state index in [1.807, 2.05) is 43.1 Å². The summed E-state index contributed by atoms with van der Waals surface area (Å²) in [5, 5.41) is 0.746. The van der Waals surface area contributed by atoms with Gasteiger partial charge in [-0.3, -0.25) is 10.2 Å². The summed E-state index contributed by atoms with van der Waals surface area (Å²) >= 11 is 6.07. The number of rotatable bonds is 5. The van der Waals surface area contributed by atoms with Crippen LogP contribution in [0, 0.1) is 5.92 Å². The van der Waals surface area contributed by atoms with Gasteiger partial charge in [0.2, 0.25) is 5.91 Å². The van der Waals surface area contributed by atoms with Crippen molar-refractivity contribution >= 4 is 17.5 Å². The van der Waals surface area contributed by atoms with Crippen LogP contribution < -0.4 is 11.3 Å². The molecule has 17 heavy (non-hydrogen) atoms. The van der Waals surface area contributed by atoms with Crippen molar-refractivity contribution in [2.24, 2.45) is 11.8 Å². The van der Waals surface area contributed by atoms with Gasteiger partial charge in [0, 0.05) is 24.0 Å². The molecule has 1 aromatic rings. The zero-order valence-electron chi connectivity index (χ0n) is 10.1. The van der Waals surface area contributed by atoms with Crippen molar-refractivity contribution in [3.8, 4) is 0 Å². The van der Waals surface area contributed by atoms with E-state index >= 15 is 0 Å². The van der Waals surface area contributed by atoms with Crippen molar-refractivity contribution in [1.82, 2.24) is 10.3 Å². The van der Waals surface area contributed by atoms with Crippen LogP contribution in [0.25, 0.3) is 0 Å². The summed E-state index contributed by atoms with van der Waals surface area (Å²) in [4.78, 5) is 13.3. The molecule has 0 fully saturated rings. The van der Waals surface area contributed by atoms with Gasteiger partial charge in [-0.15, -0.1) is 0 Å². The molecule has 1 aromatic carbocycles. The molecule has 0 radical (unpaired) electrons. The molecule has 1 rings (SSSR count). The number of halogens is 1. The molecule has 0 aliphatic rings.